The molecule has 0 aliphatic rings. The van der Waals surface area contributed by atoms with Gasteiger partial charge in [0.15, 0.2) is 29.1 Å². The third-order valence-corrected chi connectivity index (χ3v) is 13.9. The maximum Gasteiger partial charge on any atom is 0.261 e. The average Bonchev–Trinajstić information content (AvgIpc) is 4.38. The molecular formula is C66H36F5N9. The van der Waals surface area contributed by atoms with Crippen LogP contribution in [-0.4, -0.2) is 18.7 Å². The molecule has 0 saturated heterocycles. The number of aromatic amines is 1. The van der Waals surface area contributed by atoms with Gasteiger partial charge in [-0.3, -0.25) is 0 Å². The van der Waals surface area contributed by atoms with Crippen molar-refractivity contribution in [1.82, 2.24) is 18.7 Å². The second-order valence-corrected chi connectivity index (χ2v) is 18.1. The van der Waals surface area contributed by atoms with Crippen LogP contribution in [0.25, 0.3) is 114 Å². The van der Waals surface area contributed by atoms with E-state index in [0.29, 0.717) is 5.69 Å². The highest BCUT2D eigenvalue weighted by atomic mass is 19.2. The smallest absolute Gasteiger partial charge is 0.261 e. The number of H-pyrrole nitrogens is 1. The van der Waals surface area contributed by atoms with Crippen LogP contribution in [0, 0.1) is 76.2 Å². The van der Waals surface area contributed by atoms with Crippen molar-refractivity contribution in [2.75, 3.05) is 0 Å². The monoisotopic (exact) mass is 1050 g/mol. The van der Waals surface area contributed by atoms with E-state index in [2.05, 4.69) is 69.3 Å². The minimum atomic E-state index is -2.02. The van der Waals surface area contributed by atoms with E-state index in [4.69, 9.17) is 23.7 Å². The van der Waals surface area contributed by atoms with E-state index >= 15 is 4.39 Å². The normalized spacial score (nSPS) is 10.8. The van der Waals surface area contributed by atoms with Crippen molar-refractivity contribution in [1.29, 1.82) is 15.8 Å². The number of aromatic nitrogens is 4. The predicted octanol–water partition coefficient (Wildman–Crippen LogP) is 18.1. The number of benzene rings is 10. The van der Waals surface area contributed by atoms with Crippen molar-refractivity contribution < 1.29 is 22.0 Å². The Morgan fingerprint density at radius 2 is 0.650 bits per heavy atom. The predicted molar refractivity (Wildman–Crippen MR) is 305 cm³/mol. The Bertz CT molecular complexity index is 4660. The van der Waals surface area contributed by atoms with Gasteiger partial charge in [-0.25, -0.2) is 31.6 Å². The van der Waals surface area contributed by atoms with Gasteiger partial charge in [0.05, 0.1) is 69.3 Å². The molecule has 0 unspecified atom stereocenters. The van der Waals surface area contributed by atoms with Gasteiger partial charge < -0.3 is 18.7 Å². The van der Waals surface area contributed by atoms with Gasteiger partial charge in [-0.1, -0.05) is 146 Å². The fourth-order valence-corrected chi connectivity index (χ4v) is 10.6. The van der Waals surface area contributed by atoms with Crippen molar-refractivity contribution >= 4 is 98.6 Å². The lowest BCUT2D eigenvalue weighted by atomic mass is 10.0. The molecule has 0 aliphatic carbocycles. The SMILES string of the molecule is CC#N.[C-]#[N+]c1c(-n2c3ccccc3c3ccccc32)c(F)c(-n2c3ccccc3c3ccccc32)c(C#N)c1-n1c2ccccc2c2ccccc21.[C-]#[N+]c1c(F)c(F)c(F)c(C#N)c1F.c1ccc2c(c1)[nH]c1ccccc12. The minimum Gasteiger partial charge on any atom is -0.355 e. The van der Waals surface area contributed by atoms with Crippen molar-refractivity contribution in [3.63, 3.8) is 0 Å². The van der Waals surface area contributed by atoms with E-state index in [-0.39, 0.29) is 22.6 Å². The summed E-state index contributed by atoms with van der Waals surface area (Å²) >= 11 is 0. The lowest BCUT2D eigenvalue weighted by Crippen LogP contribution is -2.12. The van der Waals surface area contributed by atoms with Gasteiger partial charge in [0.2, 0.25) is 5.69 Å². The van der Waals surface area contributed by atoms with Crippen LogP contribution in [0.3, 0.4) is 0 Å². The number of nitrogens with one attached hydrogen (secondary N) is 1. The highest BCUT2D eigenvalue weighted by Gasteiger charge is 2.33. The second kappa shape index (κ2) is 20.9. The fourth-order valence-electron chi connectivity index (χ4n) is 10.6. The van der Waals surface area contributed by atoms with Crippen LogP contribution in [0.5, 0.6) is 0 Å². The van der Waals surface area contributed by atoms with Crippen LogP contribution in [0.15, 0.2) is 194 Å². The second-order valence-electron chi connectivity index (χ2n) is 18.1. The Balaban J connectivity index is 0.000000182. The van der Waals surface area contributed by atoms with E-state index in [9.17, 15) is 22.8 Å². The first-order valence-electron chi connectivity index (χ1n) is 24.6. The van der Waals surface area contributed by atoms with E-state index in [1.54, 1.807) is 6.07 Å². The molecule has 0 aliphatic heterocycles. The number of hydrogen-bond donors (Lipinski definition) is 1. The summed E-state index contributed by atoms with van der Waals surface area (Å²) in [6.45, 7) is 16.5. The lowest BCUT2D eigenvalue weighted by molar-refractivity contribution is 0.436. The lowest BCUT2D eigenvalue weighted by Gasteiger charge is -2.22. The number of halogens is 5. The molecule has 0 fully saturated rings. The zero-order chi connectivity index (χ0) is 55.8. The van der Waals surface area contributed by atoms with E-state index in [0.717, 1.165) is 71.5 Å². The summed E-state index contributed by atoms with van der Waals surface area (Å²) in [6.07, 6.45) is 0. The van der Waals surface area contributed by atoms with Crippen molar-refractivity contribution in [3.05, 3.63) is 257 Å². The molecule has 14 heteroatoms. The topological polar surface area (TPSA) is 111 Å². The fraction of sp³-hybridized carbons (Fsp3) is 0.0152. The highest BCUT2D eigenvalue weighted by molar-refractivity contribution is 6.14. The molecule has 9 nitrogen and oxygen atoms in total. The van der Waals surface area contributed by atoms with Gasteiger partial charge in [-0.05, 0) is 48.5 Å². The summed E-state index contributed by atoms with van der Waals surface area (Å²) in [7, 11) is 0. The van der Waals surface area contributed by atoms with Crippen molar-refractivity contribution in [2.24, 2.45) is 0 Å². The van der Waals surface area contributed by atoms with Crippen LogP contribution in [0.1, 0.15) is 18.1 Å². The highest BCUT2D eigenvalue weighted by Crippen LogP contribution is 2.48. The first-order chi connectivity index (χ1) is 39.1. The zero-order valence-electron chi connectivity index (χ0n) is 41.9. The molecule has 14 aromatic rings. The molecule has 380 valence electrons. The van der Waals surface area contributed by atoms with Crippen molar-refractivity contribution in [2.45, 2.75) is 6.92 Å². The molecule has 10 aromatic carbocycles. The molecule has 0 atom stereocenters. The number of nitriles is 3. The van der Waals surface area contributed by atoms with Crippen LogP contribution >= 0.6 is 0 Å². The molecule has 0 radical (unpaired) electrons. The molecular weight excluding hydrogens is 1010 g/mol. The molecule has 1 N–H and O–H groups in total. The number of para-hydroxylation sites is 8. The first kappa shape index (κ1) is 50.6. The molecule has 0 saturated carbocycles. The Morgan fingerprint density at radius 3 is 0.988 bits per heavy atom. The number of fused-ring (bicyclic) bond motifs is 12. The van der Waals surface area contributed by atoms with Gasteiger partial charge in [0.25, 0.3) is 5.69 Å². The molecule has 0 amide bonds. The van der Waals surface area contributed by atoms with Gasteiger partial charge in [-0.15, -0.1) is 0 Å². The third kappa shape index (κ3) is 8.03. The minimum absolute atomic E-state index is 0.0570. The maximum absolute atomic E-state index is 18.3. The van der Waals surface area contributed by atoms with Crippen LogP contribution in [0.2, 0.25) is 0 Å². The summed E-state index contributed by atoms with van der Waals surface area (Å²) in [6, 6.07) is 69.4. The standard InChI is InChI=1S/C44H24FN5.C12H9N.C8F4N2.C2H3N/c1-47-41-43(49-36-22-10-4-16-29(36)30-17-5-11-23-37(30)49)33(26-46)42(48-34-20-8-2-14-27(34)28-15-3-9-21-35(28)48)40(45)44(41)50-38-24-12-6-18-31(38)32-19-7-13-25-39(32)50;1-3-7-11-9(5-1)10-6-2-4-8-12(10)13-11;1-14-8-5(10)3(2-13)4(9)6(11)7(8)12;1-2-3/h2-25H;1-8,13H;;1H3. The Hall–Kier alpha value is -11.5. The number of hydrogen-bond acceptors (Lipinski definition) is 3. The van der Waals surface area contributed by atoms with E-state index < -0.39 is 40.3 Å². The molecule has 4 aromatic heterocycles. The summed E-state index contributed by atoms with van der Waals surface area (Å²) < 4.78 is 74.8. The summed E-state index contributed by atoms with van der Waals surface area (Å²) in [5.41, 5.74) is 5.20. The Morgan fingerprint density at radius 1 is 0.350 bits per heavy atom. The molecule has 14 rings (SSSR count). The largest absolute Gasteiger partial charge is 0.355 e. The molecule has 0 spiro atoms. The van der Waals surface area contributed by atoms with Gasteiger partial charge in [0, 0.05) is 61.0 Å². The first-order valence-corrected chi connectivity index (χ1v) is 24.6. The zero-order valence-corrected chi connectivity index (χ0v) is 41.9. The number of rotatable bonds is 3. The van der Waals surface area contributed by atoms with Crippen LogP contribution < -0.4 is 0 Å². The Kier molecular flexibility index (Phi) is 13.2. The number of nitrogens with zero attached hydrogens (tertiary/aromatic N) is 8. The van der Waals surface area contributed by atoms with Crippen molar-refractivity contribution in [3.8, 4) is 35.3 Å². The average molecular weight is 1050 g/mol. The molecule has 0 bridgehead atoms. The van der Waals surface area contributed by atoms with Crippen LogP contribution in [0.4, 0.5) is 33.3 Å². The van der Waals surface area contributed by atoms with Gasteiger partial charge >= 0.3 is 0 Å². The van der Waals surface area contributed by atoms with Gasteiger partial charge in [-0.2, -0.15) is 15.8 Å². The quantitative estimate of drug-likeness (QED) is 0.0823. The summed E-state index contributed by atoms with van der Waals surface area (Å²) in [5.74, 6) is -8.19. The molecule has 4 heterocycles. The summed E-state index contributed by atoms with van der Waals surface area (Å²) in [4.78, 5) is 9.83. The van der Waals surface area contributed by atoms with E-state index in [1.807, 2.05) is 159 Å². The van der Waals surface area contributed by atoms with Crippen LogP contribution in [-0.2, 0) is 0 Å². The molecule has 80 heavy (non-hydrogen) atoms. The van der Waals surface area contributed by atoms with E-state index in [1.165, 1.54) is 28.7 Å². The third-order valence-electron chi connectivity index (χ3n) is 13.9. The maximum atomic E-state index is 18.3. The Labute approximate surface area is 452 Å². The van der Waals surface area contributed by atoms with Gasteiger partial charge in [0.1, 0.15) is 23.4 Å². The summed E-state index contributed by atoms with van der Waals surface area (Å²) in [5, 5.41) is 35.1.